The fourth-order valence-electron chi connectivity index (χ4n) is 5.37. The molecule has 0 heterocycles. The summed E-state index contributed by atoms with van der Waals surface area (Å²) in [6.07, 6.45) is 8.48. The Morgan fingerprint density at radius 2 is 1.78 bits per heavy atom. The van der Waals surface area contributed by atoms with Crippen molar-refractivity contribution >= 4 is 15.7 Å². The lowest BCUT2D eigenvalue weighted by molar-refractivity contribution is -0.123. The normalized spacial score (nSPS) is 30.0. The Morgan fingerprint density at radius 3 is 2.52 bits per heavy atom. The zero-order chi connectivity index (χ0) is 19.0. The van der Waals surface area contributed by atoms with Gasteiger partial charge in [0.2, 0.25) is 5.91 Å². The highest BCUT2D eigenvalue weighted by atomic mass is 32.2. The summed E-state index contributed by atoms with van der Waals surface area (Å²) >= 11 is 0. The summed E-state index contributed by atoms with van der Waals surface area (Å²) in [5.74, 6) is 0.630. The molecule has 5 nitrogen and oxygen atoms in total. The average molecular weight is 391 g/mol. The molecule has 0 radical (unpaired) electrons. The first-order valence-electron chi connectivity index (χ1n) is 10.3. The molecule has 2 atom stereocenters. The summed E-state index contributed by atoms with van der Waals surface area (Å²) < 4.78 is 25.3. The highest BCUT2D eigenvalue weighted by Crippen LogP contribution is 2.39. The second kappa shape index (κ2) is 7.55. The largest absolute Gasteiger partial charge is 0.353 e. The van der Waals surface area contributed by atoms with E-state index in [1.165, 1.54) is 12.0 Å². The molecule has 2 bridgehead atoms. The van der Waals surface area contributed by atoms with Crippen LogP contribution in [0.1, 0.15) is 56.1 Å². The van der Waals surface area contributed by atoms with Crippen molar-refractivity contribution in [2.75, 3.05) is 5.75 Å². The van der Waals surface area contributed by atoms with Crippen LogP contribution in [0, 0.1) is 11.8 Å². The third kappa shape index (κ3) is 4.06. The summed E-state index contributed by atoms with van der Waals surface area (Å²) in [5.41, 5.74) is 8.55. The molecule has 3 aliphatic rings. The lowest BCUT2D eigenvalue weighted by Crippen LogP contribution is -2.53. The zero-order valence-electron chi connectivity index (χ0n) is 15.8. The van der Waals surface area contributed by atoms with Crippen LogP contribution in [0.5, 0.6) is 0 Å². The molecular formula is C21H30N2O3S. The molecule has 2 unspecified atom stereocenters. The number of hydrogen-bond donors (Lipinski definition) is 2. The first-order valence-corrected chi connectivity index (χ1v) is 12.0. The molecule has 0 spiro atoms. The van der Waals surface area contributed by atoms with E-state index in [-0.39, 0.29) is 30.2 Å². The zero-order valence-corrected chi connectivity index (χ0v) is 16.6. The van der Waals surface area contributed by atoms with E-state index in [1.807, 2.05) is 12.1 Å². The van der Waals surface area contributed by atoms with E-state index in [4.69, 9.17) is 5.73 Å². The number of nitrogens with two attached hydrogens (primary N) is 1. The quantitative estimate of drug-likeness (QED) is 0.808. The topological polar surface area (TPSA) is 89.3 Å². The molecule has 0 aromatic heterocycles. The Balaban J connectivity index is 1.36. The number of carbonyl (C=O) groups is 1. The standard InChI is InChI=1S/C21H30N2O3S/c22-18-11-16-5-2-6-17(12-18)21(16)23-20(24)9-10-27(25,26)19-8-7-14-3-1-4-15(14)13-19/h7-8,13,16-18,21H,1-6,9-12,22H2,(H,23,24). The first-order chi connectivity index (χ1) is 12.9. The van der Waals surface area contributed by atoms with Gasteiger partial charge in [0.15, 0.2) is 9.84 Å². The molecule has 27 heavy (non-hydrogen) atoms. The highest BCUT2D eigenvalue weighted by Gasteiger charge is 2.39. The Morgan fingerprint density at radius 1 is 1.07 bits per heavy atom. The van der Waals surface area contributed by atoms with Gasteiger partial charge >= 0.3 is 0 Å². The maximum Gasteiger partial charge on any atom is 0.221 e. The van der Waals surface area contributed by atoms with Crippen molar-refractivity contribution in [3.05, 3.63) is 29.3 Å². The van der Waals surface area contributed by atoms with Crippen LogP contribution in [0.25, 0.3) is 0 Å². The Hall–Kier alpha value is -1.40. The number of amides is 1. The molecule has 2 saturated carbocycles. The van der Waals surface area contributed by atoms with Gasteiger partial charge in [-0.1, -0.05) is 12.5 Å². The molecule has 2 fully saturated rings. The van der Waals surface area contributed by atoms with Gasteiger partial charge in [-0.05, 0) is 80.0 Å². The number of hydrogen-bond acceptors (Lipinski definition) is 4. The molecule has 0 aliphatic heterocycles. The summed E-state index contributed by atoms with van der Waals surface area (Å²) in [7, 11) is -3.43. The minimum Gasteiger partial charge on any atom is -0.353 e. The van der Waals surface area contributed by atoms with E-state index < -0.39 is 9.84 Å². The number of fused-ring (bicyclic) bond motifs is 3. The predicted molar refractivity (Wildman–Crippen MR) is 105 cm³/mol. The van der Waals surface area contributed by atoms with Crippen molar-refractivity contribution in [2.45, 2.75) is 74.8 Å². The predicted octanol–water partition coefficient (Wildman–Crippen LogP) is 2.36. The molecular weight excluding hydrogens is 360 g/mol. The smallest absolute Gasteiger partial charge is 0.221 e. The van der Waals surface area contributed by atoms with Crippen LogP contribution in [0.15, 0.2) is 23.1 Å². The fraction of sp³-hybridized carbons (Fsp3) is 0.667. The van der Waals surface area contributed by atoms with Gasteiger partial charge in [0.25, 0.3) is 0 Å². The summed E-state index contributed by atoms with van der Waals surface area (Å²) in [6.45, 7) is 0. The maximum atomic E-state index is 12.7. The second-order valence-electron chi connectivity index (χ2n) is 8.63. The molecule has 3 N–H and O–H groups in total. The Bertz CT molecular complexity index is 807. The lowest BCUT2D eigenvalue weighted by atomic mass is 9.67. The van der Waals surface area contributed by atoms with Crippen LogP contribution in [-0.2, 0) is 27.5 Å². The molecule has 1 amide bonds. The van der Waals surface area contributed by atoms with E-state index in [0.29, 0.717) is 16.7 Å². The summed E-state index contributed by atoms with van der Waals surface area (Å²) in [4.78, 5) is 12.8. The van der Waals surface area contributed by atoms with Crippen molar-refractivity contribution in [3.63, 3.8) is 0 Å². The maximum absolute atomic E-state index is 12.7. The molecule has 1 aromatic rings. The van der Waals surface area contributed by atoms with Crippen LogP contribution in [0.2, 0.25) is 0 Å². The van der Waals surface area contributed by atoms with Crippen LogP contribution < -0.4 is 11.1 Å². The monoisotopic (exact) mass is 390 g/mol. The molecule has 148 valence electrons. The third-order valence-electron chi connectivity index (χ3n) is 6.73. The van der Waals surface area contributed by atoms with Gasteiger partial charge in [-0.15, -0.1) is 0 Å². The van der Waals surface area contributed by atoms with Gasteiger partial charge < -0.3 is 11.1 Å². The number of benzene rings is 1. The molecule has 0 saturated heterocycles. The minimum atomic E-state index is -3.43. The van der Waals surface area contributed by atoms with E-state index in [1.54, 1.807) is 6.07 Å². The van der Waals surface area contributed by atoms with Gasteiger partial charge in [0.1, 0.15) is 0 Å². The number of sulfone groups is 1. The molecule has 4 rings (SSSR count). The van der Waals surface area contributed by atoms with Crippen molar-refractivity contribution < 1.29 is 13.2 Å². The van der Waals surface area contributed by atoms with Crippen LogP contribution in [0.4, 0.5) is 0 Å². The molecule has 6 heteroatoms. The van der Waals surface area contributed by atoms with E-state index in [0.717, 1.165) is 50.5 Å². The van der Waals surface area contributed by atoms with Gasteiger partial charge in [0, 0.05) is 18.5 Å². The number of carbonyl (C=O) groups excluding carboxylic acids is 1. The van der Waals surface area contributed by atoms with Gasteiger partial charge in [-0.2, -0.15) is 0 Å². The first kappa shape index (κ1) is 18.9. The summed E-state index contributed by atoms with van der Waals surface area (Å²) in [5, 5.41) is 3.15. The molecule has 3 aliphatic carbocycles. The third-order valence-corrected chi connectivity index (χ3v) is 8.44. The van der Waals surface area contributed by atoms with Crippen LogP contribution in [0.3, 0.4) is 0 Å². The van der Waals surface area contributed by atoms with E-state index in [9.17, 15) is 13.2 Å². The number of nitrogens with one attached hydrogen (secondary N) is 1. The lowest BCUT2D eigenvalue weighted by Gasteiger charge is -2.45. The van der Waals surface area contributed by atoms with Crippen molar-refractivity contribution in [1.29, 1.82) is 0 Å². The number of rotatable bonds is 5. The summed E-state index contributed by atoms with van der Waals surface area (Å²) in [6, 6.07) is 5.86. The Labute approximate surface area is 162 Å². The number of aryl methyl sites for hydroxylation is 2. The molecule has 1 aromatic carbocycles. The second-order valence-corrected chi connectivity index (χ2v) is 10.7. The van der Waals surface area contributed by atoms with E-state index in [2.05, 4.69) is 5.32 Å². The van der Waals surface area contributed by atoms with Gasteiger partial charge in [-0.25, -0.2) is 8.42 Å². The average Bonchev–Trinajstić information content (AvgIpc) is 3.09. The highest BCUT2D eigenvalue weighted by molar-refractivity contribution is 7.91. The fourth-order valence-corrected chi connectivity index (χ4v) is 6.66. The minimum absolute atomic E-state index is 0.0292. The van der Waals surface area contributed by atoms with Gasteiger partial charge in [-0.3, -0.25) is 4.79 Å². The Kier molecular flexibility index (Phi) is 5.30. The van der Waals surface area contributed by atoms with E-state index >= 15 is 0 Å². The van der Waals surface area contributed by atoms with Crippen molar-refractivity contribution in [2.24, 2.45) is 17.6 Å². The van der Waals surface area contributed by atoms with Crippen molar-refractivity contribution in [3.8, 4) is 0 Å². The van der Waals surface area contributed by atoms with Crippen molar-refractivity contribution in [1.82, 2.24) is 5.32 Å². The van der Waals surface area contributed by atoms with Crippen LogP contribution >= 0.6 is 0 Å². The van der Waals surface area contributed by atoms with Crippen LogP contribution in [-0.4, -0.2) is 32.2 Å². The SMILES string of the molecule is NC1CC2CCCC(C1)C2NC(=O)CCS(=O)(=O)c1ccc2c(c1)CCC2. The van der Waals surface area contributed by atoms with Gasteiger partial charge in [0.05, 0.1) is 10.6 Å².